The molecule has 1 aromatic carbocycles. The molecule has 0 N–H and O–H groups in total. The smallest absolute Gasteiger partial charge is 0.261 e. The zero-order chi connectivity index (χ0) is 14.9. The molecule has 0 bridgehead atoms. The molecular weight excluding hydrogens is 276 g/mol. The highest BCUT2D eigenvalue weighted by Crippen LogP contribution is 2.21. The molecule has 0 radical (unpaired) electrons. The Morgan fingerprint density at radius 2 is 2.05 bits per heavy atom. The first-order valence-electron chi connectivity index (χ1n) is 6.54. The molecule has 1 unspecified atom stereocenters. The highest BCUT2D eigenvalue weighted by molar-refractivity contribution is 6.20. The van der Waals surface area contributed by atoms with Crippen molar-refractivity contribution in [2.75, 3.05) is 7.11 Å². The zero-order valence-electron chi connectivity index (χ0n) is 12.2. The number of nitrogens with zero attached hydrogens (tertiary/aromatic N) is 2. The molecule has 2 aromatic rings. The normalized spacial score (nSPS) is 13.7. The van der Waals surface area contributed by atoms with Crippen LogP contribution in [-0.2, 0) is 11.3 Å². The number of halogens is 1. The van der Waals surface area contributed by atoms with E-state index in [1.165, 1.54) is 0 Å². The number of hydrogen-bond donors (Lipinski definition) is 0. The third-order valence-electron chi connectivity index (χ3n) is 3.34. The molecule has 4 nitrogen and oxygen atoms in total. The first kappa shape index (κ1) is 15.0. The van der Waals surface area contributed by atoms with Crippen molar-refractivity contribution in [3.05, 3.63) is 40.4 Å². The SMILES string of the molecule is COC(C)(C)Cn1c(C(C)Cl)nc2ccccc2c1=O. The average Bonchev–Trinajstić information content (AvgIpc) is 2.41. The van der Waals surface area contributed by atoms with Crippen LogP contribution in [0.5, 0.6) is 0 Å². The van der Waals surface area contributed by atoms with E-state index in [2.05, 4.69) is 4.98 Å². The Bertz CT molecular complexity index is 677. The van der Waals surface area contributed by atoms with Crippen LogP contribution >= 0.6 is 11.6 Å². The highest BCUT2D eigenvalue weighted by Gasteiger charge is 2.22. The fourth-order valence-corrected chi connectivity index (χ4v) is 2.25. The summed E-state index contributed by atoms with van der Waals surface area (Å²) in [4.78, 5) is 17.2. The van der Waals surface area contributed by atoms with Crippen LogP contribution in [0, 0.1) is 0 Å². The van der Waals surface area contributed by atoms with Gasteiger partial charge >= 0.3 is 0 Å². The number of ether oxygens (including phenoxy) is 1. The van der Waals surface area contributed by atoms with E-state index in [0.717, 1.165) is 0 Å². The summed E-state index contributed by atoms with van der Waals surface area (Å²) in [5.41, 5.74) is 0.129. The molecule has 1 atom stereocenters. The monoisotopic (exact) mass is 294 g/mol. The summed E-state index contributed by atoms with van der Waals surface area (Å²) in [6.45, 7) is 6.08. The Hall–Kier alpha value is -1.39. The van der Waals surface area contributed by atoms with Gasteiger partial charge in [0.25, 0.3) is 5.56 Å². The average molecular weight is 295 g/mol. The van der Waals surface area contributed by atoms with Gasteiger partial charge in [0.05, 0.1) is 28.4 Å². The molecule has 0 amide bonds. The lowest BCUT2D eigenvalue weighted by atomic mass is 10.1. The molecule has 0 saturated heterocycles. The van der Waals surface area contributed by atoms with Crippen molar-refractivity contribution in [2.45, 2.75) is 38.3 Å². The van der Waals surface area contributed by atoms with Crippen molar-refractivity contribution in [3.8, 4) is 0 Å². The van der Waals surface area contributed by atoms with E-state index in [1.54, 1.807) is 17.7 Å². The minimum absolute atomic E-state index is 0.0803. The first-order chi connectivity index (χ1) is 9.35. The largest absolute Gasteiger partial charge is 0.377 e. The van der Waals surface area contributed by atoms with Crippen molar-refractivity contribution in [3.63, 3.8) is 0 Å². The molecule has 2 rings (SSSR count). The van der Waals surface area contributed by atoms with E-state index in [1.807, 2.05) is 39.0 Å². The van der Waals surface area contributed by atoms with E-state index < -0.39 is 5.60 Å². The molecule has 108 valence electrons. The van der Waals surface area contributed by atoms with E-state index in [4.69, 9.17) is 16.3 Å². The van der Waals surface area contributed by atoms with Crippen LogP contribution in [0.1, 0.15) is 32.0 Å². The molecule has 0 spiro atoms. The highest BCUT2D eigenvalue weighted by atomic mass is 35.5. The Labute approximate surface area is 123 Å². The van der Waals surface area contributed by atoms with Crippen LogP contribution in [-0.4, -0.2) is 22.3 Å². The summed E-state index contributed by atoms with van der Waals surface area (Å²) < 4.78 is 7.03. The minimum atomic E-state index is -0.464. The van der Waals surface area contributed by atoms with Gasteiger partial charge < -0.3 is 4.74 Å². The molecule has 1 heterocycles. The summed E-state index contributed by atoms with van der Waals surface area (Å²) in [6, 6.07) is 7.30. The van der Waals surface area contributed by atoms with Gasteiger partial charge in [0.1, 0.15) is 5.82 Å². The third kappa shape index (κ3) is 2.86. The molecule has 0 aliphatic carbocycles. The van der Waals surface area contributed by atoms with Gasteiger partial charge in [-0.25, -0.2) is 4.98 Å². The predicted molar refractivity (Wildman–Crippen MR) is 81.4 cm³/mol. The number of benzene rings is 1. The van der Waals surface area contributed by atoms with Gasteiger partial charge in [0, 0.05) is 7.11 Å². The van der Waals surface area contributed by atoms with Crippen molar-refractivity contribution in [1.82, 2.24) is 9.55 Å². The second-order valence-corrected chi connectivity index (χ2v) is 6.11. The van der Waals surface area contributed by atoms with Gasteiger partial charge in [0.15, 0.2) is 0 Å². The molecule has 0 fully saturated rings. The zero-order valence-corrected chi connectivity index (χ0v) is 12.9. The number of alkyl halides is 1. The van der Waals surface area contributed by atoms with E-state index >= 15 is 0 Å². The molecule has 5 heteroatoms. The molecule has 20 heavy (non-hydrogen) atoms. The molecule has 0 aliphatic rings. The number of fused-ring (bicyclic) bond motifs is 1. The Morgan fingerprint density at radius 1 is 1.40 bits per heavy atom. The fourth-order valence-electron chi connectivity index (χ4n) is 2.09. The van der Waals surface area contributed by atoms with Gasteiger partial charge in [0.2, 0.25) is 0 Å². The number of rotatable bonds is 4. The number of methoxy groups -OCH3 is 1. The Balaban J connectivity index is 2.70. The number of para-hydroxylation sites is 1. The van der Waals surface area contributed by atoms with Crippen molar-refractivity contribution < 1.29 is 4.74 Å². The Morgan fingerprint density at radius 3 is 2.65 bits per heavy atom. The van der Waals surface area contributed by atoms with Gasteiger partial charge in [-0.3, -0.25) is 9.36 Å². The van der Waals surface area contributed by atoms with Crippen molar-refractivity contribution in [1.29, 1.82) is 0 Å². The molecular formula is C15H19ClN2O2. The number of hydrogen-bond acceptors (Lipinski definition) is 3. The summed E-state index contributed by atoms with van der Waals surface area (Å²) in [5, 5.41) is 0.250. The van der Waals surface area contributed by atoms with Gasteiger partial charge in [-0.05, 0) is 32.9 Å². The molecule has 1 aromatic heterocycles. The van der Waals surface area contributed by atoms with E-state index in [-0.39, 0.29) is 10.9 Å². The van der Waals surface area contributed by atoms with Crippen LogP contribution in [0.4, 0.5) is 0 Å². The molecule has 0 saturated carbocycles. The maximum absolute atomic E-state index is 12.7. The van der Waals surface area contributed by atoms with Gasteiger partial charge in [-0.15, -0.1) is 11.6 Å². The minimum Gasteiger partial charge on any atom is -0.377 e. The van der Waals surface area contributed by atoms with E-state index in [0.29, 0.717) is 23.3 Å². The lowest BCUT2D eigenvalue weighted by molar-refractivity contribution is 0.00660. The summed E-state index contributed by atoms with van der Waals surface area (Å²) in [7, 11) is 1.63. The Kier molecular flexibility index (Phi) is 4.16. The van der Waals surface area contributed by atoms with Crippen LogP contribution in [0.3, 0.4) is 0 Å². The van der Waals surface area contributed by atoms with Crippen LogP contribution in [0.15, 0.2) is 29.1 Å². The summed E-state index contributed by atoms with van der Waals surface area (Å²) >= 11 is 6.19. The quantitative estimate of drug-likeness (QED) is 0.814. The summed E-state index contributed by atoms with van der Waals surface area (Å²) in [6.07, 6.45) is 0. The van der Waals surface area contributed by atoms with Crippen LogP contribution in [0.25, 0.3) is 10.9 Å². The predicted octanol–water partition coefficient (Wildman–Crippen LogP) is 3.12. The first-order valence-corrected chi connectivity index (χ1v) is 6.98. The maximum Gasteiger partial charge on any atom is 0.261 e. The van der Waals surface area contributed by atoms with Crippen LogP contribution < -0.4 is 5.56 Å². The van der Waals surface area contributed by atoms with E-state index in [9.17, 15) is 4.79 Å². The second kappa shape index (κ2) is 5.54. The van der Waals surface area contributed by atoms with Crippen LogP contribution in [0.2, 0.25) is 0 Å². The second-order valence-electron chi connectivity index (χ2n) is 5.46. The summed E-state index contributed by atoms with van der Waals surface area (Å²) in [5.74, 6) is 0.570. The van der Waals surface area contributed by atoms with Gasteiger partial charge in [-0.1, -0.05) is 12.1 Å². The van der Waals surface area contributed by atoms with Crippen molar-refractivity contribution >= 4 is 22.5 Å². The molecule has 0 aliphatic heterocycles. The maximum atomic E-state index is 12.7. The number of aromatic nitrogens is 2. The third-order valence-corrected chi connectivity index (χ3v) is 3.53. The fraction of sp³-hybridized carbons (Fsp3) is 0.467. The topological polar surface area (TPSA) is 44.1 Å². The lowest BCUT2D eigenvalue weighted by Crippen LogP contribution is -2.37. The standard InChI is InChI=1S/C15H19ClN2O2/c1-10(16)13-17-12-8-6-5-7-11(12)14(19)18(13)9-15(2,3)20-4/h5-8,10H,9H2,1-4H3. The lowest BCUT2D eigenvalue weighted by Gasteiger charge is -2.26. The van der Waals surface area contributed by atoms with Crippen molar-refractivity contribution in [2.24, 2.45) is 0 Å². The van der Waals surface area contributed by atoms with Gasteiger partial charge in [-0.2, -0.15) is 0 Å².